The van der Waals surface area contributed by atoms with Crippen molar-refractivity contribution in [2.75, 3.05) is 27.2 Å². The van der Waals surface area contributed by atoms with Crippen molar-refractivity contribution in [1.82, 2.24) is 13.6 Å². The van der Waals surface area contributed by atoms with Gasteiger partial charge in [-0.2, -0.15) is 17.0 Å². The number of benzene rings is 1. The van der Waals surface area contributed by atoms with Gasteiger partial charge < -0.3 is 4.42 Å². The summed E-state index contributed by atoms with van der Waals surface area (Å²) in [6.45, 7) is 0.831. The van der Waals surface area contributed by atoms with Crippen LogP contribution in [0.5, 0.6) is 0 Å². The summed E-state index contributed by atoms with van der Waals surface area (Å²) in [6, 6.07) is 6.23. The smallest absolute Gasteiger partial charge is 0.281 e. The highest BCUT2D eigenvalue weighted by Gasteiger charge is 2.35. The summed E-state index contributed by atoms with van der Waals surface area (Å²) >= 11 is 0. The van der Waals surface area contributed by atoms with E-state index < -0.39 is 10.2 Å². The van der Waals surface area contributed by atoms with Gasteiger partial charge in [0.15, 0.2) is 5.89 Å². The fourth-order valence-electron chi connectivity index (χ4n) is 2.77. The highest BCUT2D eigenvalue weighted by Crippen LogP contribution is 2.29. The van der Waals surface area contributed by atoms with Crippen molar-refractivity contribution in [3.8, 4) is 0 Å². The highest BCUT2D eigenvalue weighted by atomic mass is 32.2. The number of rotatable bonds is 5. The molecule has 6 nitrogen and oxygen atoms in total. The molecule has 0 aliphatic carbocycles. The van der Waals surface area contributed by atoms with Crippen LogP contribution in [0.2, 0.25) is 0 Å². The minimum absolute atomic E-state index is 0.0401. The molecule has 1 aromatic carbocycles. The van der Waals surface area contributed by atoms with Crippen LogP contribution in [-0.4, -0.2) is 49.2 Å². The topological polar surface area (TPSA) is 66.7 Å². The third-order valence-electron chi connectivity index (χ3n) is 4.15. The number of hydrogen-bond donors (Lipinski definition) is 0. The van der Waals surface area contributed by atoms with E-state index in [-0.39, 0.29) is 11.7 Å². The summed E-state index contributed by atoms with van der Waals surface area (Å²) in [5, 5.41) is 0. The number of hydrogen-bond acceptors (Lipinski definition) is 4. The minimum atomic E-state index is -3.40. The maximum Gasteiger partial charge on any atom is 0.281 e. The van der Waals surface area contributed by atoms with Gasteiger partial charge in [0.05, 0.1) is 12.1 Å². The molecule has 1 aliphatic heterocycles. The predicted molar refractivity (Wildman–Crippen MR) is 87.2 cm³/mol. The molecule has 2 heterocycles. The Kier molecular flexibility index (Phi) is 4.71. The average molecular weight is 353 g/mol. The van der Waals surface area contributed by atoms with E-state index in [0.29, 0.717) is 37.6 Å². The third kappa shape index (κ3) is 3.50. The van der Waals surface area contributed by atoms with Crippen LogP contribution in [0.4, 0.5) is 4.39 Å². The van der Waals surface area contributed by atoms with Crippen LogP contribution >= 0.6 is 0 Å². The van der Waals surface area contributed by atoms with Gasteiger partial charge in [0, 0.05) is 33.6 Å². The van der Waals surface area contributed by atoms with Gasteiger partial charge in [0.1, 0.15) is 11.6 Å². The molecular formula is C16H20FN3O3S. The van der Waals surface area contributed by atoms with Crippen LogP contribution in [0.3, 0.4) is 0 Å². The maximum atomic E-state index is 12.9. The zero-order valence-corrected chi connectivity index (χ0v) is 14.5. The summed E-state index contributed by atoms with van der Waals surface area (Å²) in [5.74, 6) is 0.931. The van der Waals surface area contributed by atoms with E-state index in [4.69, 9.17) is 4.42 Å². The standard InChI is InChI=1S/C16H20FN3O3S/c1-19(2)24(21,22)20-8-7-13(11-20)16-18-10-15(23-16)9-12-3-5-14(17)6-4-12/h3-6,10,13H,7-9,11H2,1-2H3. The molecule has 0 N–H and O–H groups in total. The van der Waals surface area contributed by atoms with Crippen molar-refractivity contribution in [3.63, 3.8) is 0 Å². The lowest BCUT2D eigenvalue weighted by Crippen LogP contribution is -2.38. The summed E-state index contributed by atoms with van der Waals surface area (Å²) in [5.41, 5.74) is 0.933. The number of nitrogens with zero attached hydrogens (tertiary/aromatic N) is 3. The summed E-state index contributed by atoms with van der Waals surface area (Å²) < 4.78 is 45.7. The third-order valence-corrected chi connectivity index (χ3v) is 6.06. The second kappa shape index (κ2) is 6.62. The molecule has 3 rings (SSSR count). The Bertz CT molecular complexity index is 802. The lowest BCUT2D eigenvalue weighted by Gasteiger charge is -2.20. The summed E-state index contributed by atoms with van der Waals surface area (Å²) in [7, 11) is -0.357. The lowest BCUT2D eigenvalue weighted by molar-refractivity contribution is 0.400. The van der Waals surface area contributed by atoms with E-state index >= 15 is 0 Å². The van der Waals surface area contributed by atoms with Crippen LogP contribution in [0, 0.1) is 5.82 Å². The number of oxazole rings is 1. The molecule has 0 saturated carbocycles. The van der Waals surface area contributed by atoms with Crippen molar-refractivity contribution < 1.29 is 17.2 Å². The van der Waals surface area contributed by atoms with E-state index in [2.05, 4.69) is 4.98 Å². The van der Waals surface area contributed by atoms with Crippen LogP contribution in [-0.2, 0) is 16.6 Å². The Morgan fingerprint density at radius 1 is 1.33 bits per heavy atom. The van der Waals surface area contributed by atoms with Crippen molar-refractivity contribution in [3.05, 3.63) is 53.5 Å². The van der Waals surface area contributed by atoms with E-state index in [0.717, 1.165) is 5.56 Å². The van der Waals surface area contributed by atoms with Crippen molar-refractivity contribution in [1.29, 1.82) is 0 Å². The zero-order valence-electron chi connectivity index (χ0n) is 13.6. The molecule has 0 bridgehead atoms. The molecule has 24 heavy (non-hydrogen) atoms. The summed E-state index contributed by atoms with van der Waals surface area (Å²) in [4.78, 5) is 4.30. The van der Waals surface area contributed by atoms with Gasteiger partial charge in [-0.05, 0) is 24.1 Å². The van der Waals surface area contributed by atoms with Gasteiger partial charge >= 0.3 is 0 Å². The van der Waals surface area contributed by atoms with Gasteiger partial charge in [-0.15, -0.1) is 0 Å². The molecule has 1 saturated heterocycles. The number of aromatic nitrogens is 1. The first-order chi connectivity index (χ1) is 11.4. The fraction of sp³-hybridized carbons (Fsp3) is 0.438. The van der Waals surface area contributed by atoms with Crippen LogP contribution < -0.4 is 0 Å². The molecule has 2 aromatic rings. The quantitative estimate of drug-likeness (QED) is 0.825. The first-order valence-electron chi connectivity index (χ1n) is 7.73. The first kappa shape index (κ1) is 17.1. The Labute approximate surface area is 141 Å². The molecular weight excluding hydrogens is 333 g/mol. The Morgan fingerprint density at radius 3 is 2.71 bits per heavy atom. The largest absolute Gasteiger partial charge is 0.445 e. The second-order valence-corrected chi connectivity index (χ2v) is 8.24. The predicted octanol–water partition coefficient (Wildman–Crippen LogP) is 2.00. The van der Waals surface area contributed by atoms with Crippen molar-refractivity contribution in [2.24, 2.45) is 0 Å². The van der Waals surface area contributed by atoms with Crippen LogP contribution in [0.15, 0.2) is 34.9 Å². The van der Waals surface area contributed by atoms with Gasteiger partial charge in [0.2, 0.25) is 0 Å². The van der Waals surface area contributed by atoms with Gasteiger partial charge in [-0.1, -0.05) is 12.1 Å². The monoisotopic (exact) mass is 353 g/mol. The molecule has 0 radical (unpaired) electrons. The Balaban J connectivity index is 1.67. The molecule has 0 amide bonds. The van der Waals surface area contributed by atoms with E-state index in [1.807, 2.05) is 0 Å². The molecule has 8 heteroatoms. The summed E-state index contributed by atoms with van der Waals surface area (Å²) in [6.07, 6.45) is 2.87. The van der Waals surface area contributed by atoms with Crippen LogP contribution in [0.25, 0.3) is 0 Å². The van der Waals surface area contributed by atoms with E-state index in [1.165, 1.54) is 34.8 Å². The lowest BCUT2D eigenvalue weighted by atomic mass is 10.1. The molecule has 130 valence electrons. The van der Waals surface area contributed by atoms with Crippen LogP contribution in [0.1, 0.15) is 29.6 Å². The van der Waals surface area contributed by atoms with E-state index in [9.17, 15) is 12.8 Å². The fourth-order valence-corrected chi connectivity index (χ4v) is 3.93. The molecule has 0 spiro atoms. The Hall–Kier alpha value is -1.77. The van der Waals surface area contributed by atoms with Crippen molar-refractivity contribution in [2.45, 2.75) is 18.8 Å². The molecule has 1 aromatic heterocycles. The molecule has 1 aliphatic rings. The maximum absolute atomic E-state index is 12.9. The van der Waals surface area contributed by atoms with Crippen molar-refractivity contribution >= 4 is 10.2 Å². The van der Waals surface area contributed by atoms with E-state index in [1.54, 1.807) is 18.3 Å². The number of halogens is 1. The second-order valence-electron chi connectivity index (χ2n) is 6.10. The Morgan fingerprint density at radius 2 is 2.04 bits per heavy atom. The van der Waals surface area contributed by atoms with Gasteiger partial charge in [-0.3, -0.25) is 0 Å². The highest BCUT2D eigenvalue weighted by molar-refractivity contribution is 7.86. The normalized spacial score (nSPS) is 19.2. The minimum Gasteiger partial charge on any atom is -0.445 e. The average Bonchev–Trinajstić information content (AvgIpc) is 3.18. The molecule has 1 unspecified atom stereocenters. The zero-order chi connectivity index (χ0) is 17.3. The molecule has 1 atom stereocenters. The SMILES string of the molecule is CN(C)S(=O)(=O)N1CCC(c2ncc(Cc3ccc(F)cc3)o2)C1. The molecule has 1 fully saturated rings. The van der Waals surface area contributed by atoms with Gasteiger partial charge in [0.25, 0.3) is 10.2 Å². The first-order valence-corrected chi connectivity index (χ1v) is 9.12. The van der Waals surface area contributed by atoms with Gasteiger partial charge in [-0.25, -0.2) is 9.37 Å².